The number of anilines is 2. The van der Waals surface area contributed by atoms with Crippen molar-refractivity contribution in [2.24, 2.45) is 0 Å². The topological polar surface area (TPSA) is 57.0 Å². The Morgan fingerprint density at radius 1 is 1.06 bits per heavy atom. The van der Waals surface area contributed by atoms with Crippen LogP contribution in [0.15, 0.2) is 42.9 Å². The average Bonchev–Trinajstić information content (AvgIpc) is 3.24. The number of alkyl halides is 3. The van der Waals surface area contributed by atoms with E-state index in [1.807, 2.05) is 28.0 Å². The van der Waals surface area contributed by atoms with Gasteiger partial charge in [-0.05, 0) is 24.5 Å². The number of benzene rings is 1. The summed E-state index contributed by atoms with van der Waals surface area (Å²) in [6.45, 7) is 3.41. The predicted octanol–water partition coefficient (Wildman–Crippen LogP) is 2.85. The van der Waals surface area contributed by atoms with Crippen molar-refractivity contribution in [2.75, 3.05) is 49.1 Å². The Labute approximate surface area is 183 Å². The van der Waals surface area contributed by atoms with Gasteiger partial charge < -0.3 is 14.2 Å². The molecule has 0 unspecified atom stereocenters. The molecule has 32 heavy (non-hydrogen) atoms. The highest BCUT2D eigenvalue weighted by atomic mass is 19.4. The van der Waals surface area contributed by atoms with Crippen LogP contribution in [-0.4, -0.2) is 64.4 Å². The van der Waals surface area contributed by atoms with Crippen LogP contribution in [0, 0.1) is 0 Å². The molecule has 3 aromatic rings. The number of imidazole rings is 1. The van der Waals surface area contributed by atoms with Gasteiger partial charge in [-0.25, -0.2) is 9.97 Å². The molecule has 2 aromatic heterocycles. The zero-order chi connectivity index (χ0) is 22.3. The Morgan fingerprint density at radius 3 is 2.62 bits per heavy atom. The second-order valence-electron chi connectivity index (χ2n) is 8.15. The monoisotopic (exact) mass is 444 g/mol. The summed E-state index contributed by atoms with van der Waals surface area (Å²) in [6, 6.07) is 8.02. The fraction of sp³-hybridized carbons (Fsp3) is 0.409. The number of piperazine rings is 1. The van der Waals surface area contributed by atoms with Crippen LogP contribution in [0.4, 0.5) is 24.7 Å². The zero-order valence-electron chi connectivity index (χ0n) is 17.4. The van der Waals surface area contributed by atoms with E-state index < -0.39 is 11.9 Å². The van der Waals surface area contributed by atoms with E-state index in [0.29, 0.717) is 38.5 Å². The van der Waals surface area contributed by atoms with Crippen LogP contribution >= 0.6 is 0 Å². The smallest absolute Gasteiger partial charge is 0.351 e. The first kappa shape index (κ1) is 20.7. The third-order valence-corrected chi connectivity index (χ3v) is 6.09. The number of carbonyl (C=O) groups is 1. The molecule has 2 aliphatic rings. The van der Waals surface area contributed by atoms with Gasteiger partial charge in [0.2, 0.25) is 5.91 Å². The molecule has 1 fully saturated rings. The fourth-order valence-electron chi connectivity index (χ4n) is 4.45. The van der Waals surface area contributed by atoms with Gasteiger partial charge in [0.1, 0.15) is 0 Å². The van der Waals surface area contributed by atoms with E-state index in [0.717, 1.165) is 31.3 Å². The second kappa shape index (κ2) is 8.09. The number of rotatable bonds is 3. The van der Waals surface area contributed by atoms with Crippen molar-refractivity contribution in [1.82, 2.24) is 19.3 Å². The zero-order valence-corrected chi connectivity index (χ0v) is 17.4. The number of amides is 1. The summed E-state index contributed by atoms with van der Waals surface area (Å²) >= 11 is 0. The third kappa shape index (κ3) is 3.90. The first-order valence-corrected chi connectivity index (χ1v) is 10.7. The lowest BCUT2D eigenvalue weighted by atomic mass is 10.0. The minimum absolute atomic E-state index is 0.0777. The van der Waals surface area contributed by atoms with Gasteiger partial charge in [-0.1, -0.05) is 18.2 Å². The Bertz CT molecular complexity index is 1140. The number of aryl methyl sites for hydroxylation is 1. The Balaban J connectivity index is 1.25. The summed E-state index contributed by atoms with van der Waals surface area (Å²) in [5.41, 5.74) is 1.46. The van der Waals surface area contributed by atoms with Gasteiger partial charge in [-0.3, -0.25) is 9.69 Å². The van der Waals surface area contributed by atoms with E-state index in [-0.39, 0.29) is 11.6 Å². The van der Waals surface area contributed by atoms with Gasteiger partial charge in [0, 0.05) is 57.0 Å². The molecule has 1 aromatic carbocycles. The van der Waals surface area contributed by atoms with Gasteiger partial charge in [0.15, 0.2) is 17.2 Å². The lowest BCUT2D eigenvalue weighted by Gasteiger charge is -2.36. The molecular formula is C22H23F3N6O. The van der Waals surface area contributed by atoms with Crippen LogP contribution in [0.5, 0.6) is 0 Å². The normalized spacial score (nSPS) is 17.6. The highest BCUT2D eigenvalue weighted by Gasteiger charge is 2.35. The minimum Gasteiger partial charge on any atom is -0.351 e. The number of fused-ring (bicyclic) bond motifs is 2. The Morgan fingerprint density at radius 2 is 1.84 bits per heavy atom. The van der Waals surface area contributed by atoms with Crippen molar-refractivity contribution in [3.8, 4) is 0 Å². The van der Waals surface area contributed by atoms with Crippen molar-refractivity contribution < 1.29 is 18.0 Å². The van der Waals surface area contributed by atoms with Crippen LogP contribution in [0.3, 0.4) is 0 Å². The maximum Gasteiger partial charge on any atom is 0.434 e. The van der Waals surface area contributed by atoms with E-state index in [2.05, 4.69) is 20.9 Å². The summed E-state index contributed by atoms with van der Waals surface area (Å²) in [7, 11) is 0. The second-order valence-corrected chi connectivity index (χ2v) is 8.15. The maximum absolute atomic E-state index is 13.1. The summed E-state index contributed by atoms with van der Waals surface area (Å²) in [4.78, 5) is 26.9. The van der Waals surface area contributed by atoms with Gasteiger partial charge in [-0.15, -0.1) is 0 Å². The lowest BCUT2D eigenvalue weighted by molar-refractivity contribution is -0.140. The number of halogens is 3. The van der Waals surface area contributed by atoms with Crippen LogP contribution in [0.2, 0.25) is 0 Å². The predicted molar refractivity (Wildman–Crippen MR) is 114 cm³/mol. The molecule has 0 bridgehead atoms. The summed E-state index contributed by atoms with van der Waals surface area (Å²) in [5.74, 6) is 0.507. The fourth-order valence-corrected chi connectivity index (χ4v) is 4.45. The molecule has 0 radical (unpaired) electrons. The summed E-state index contributed by atoms with van der Waals surface area (Å²) in [5, 5.41) is 0. The van der Waals surface area contributed by atoms with Crippen molar-refractivity contribution in [2.45, 2.75) is 19.0 Å². The van der Waals surface area contributed by atoms with Crippen molar-refractivity contribution in [3.05, 3.63) is 54.1 Å². The molecule has 0 aliphatic carbocycles. The van der Waals surface area contributed by atoms with Crippen LogP contribution in [0.1, 0.15) is 17.7 Å². The van der Waals surface area contributed by atoms with E-state index in [9.17, 15) is 18.0 Å². The van der Waals surface area contributed by atoms with Crippen LogP contribution in [0.25, 0.3) is 5.65 Å². The quantitative estimate of drug-likeness (QED) is 0.622. The van der Waals surface area contributed by atoms with Gasteiger partial charge in [-0.2, -0.15) is 13.2 Å². The molecule has 168 valence electrons. The van der Waals surface area contributed by atoms with E-state index in [4.69, 9.17) is 0 Å². The number of aromatic nitrogens is 3. The molecule has 0 atom stereocenters. The first-order valence-electron chi connectivity index (χ1n) is 10.7. The van der Waals surface area contributed by atoms with Gasteiger partial charge >= 0.3 is 6.18 Å². The number of carbonyl (C=O) groups excluding carboxylic acids is 1. The van der Waals surface area contributed by atoms with Crippen LogP contribution < -0.4 is 9.80 Å². The number of hydrogen-bond donors (Lipinski definition) is 0. The molecule has 0 saturated carbocycles. The maximum atomic E-state index is 13.1. The summed E-state index contributed by atoms with van der Waals surface area (Å²) in [6.07, 6.45) is 1.36. The minimum atomic E-state index is -4.50. The standard InChI is InChI=1S/C22H23F3N6O/c23-22(24,25)18-14-30-9-7-26-20(21(30)27-18)29-12-10-28(11-13-29)15-19(32)31-8-3-5-16-4-1-2-6-17(16)31/h1-2,4,6-7,9,14H,3,5,8,10-13,15H2. The Hall–Kier alpha value is -3.14. The highest BCUT2D eigenvalue weighted by molar-refractivity contribution is 5.96. The molecule has 2 aliphatic heterocycles. The lowest BCUT2D eigenvalue weighted by Crippen LogP contribution is -2.51. The van der Waals surface area contributed by atoms with E-state index >= 15 is 0 Å². The van der Waals surface area contributed by atoms with Gasteiger partial charge in [0.25, 0.3) is 0 Å². The van der Waals surface area contributed by atoms with E-state index in [1.54, 1.807) is 0 Å². The SMILES string of the molecule is O=C(CN1CCN(c2nccn3cc(C(F)(F)F)nc23)CC1)N1CCCc2ccccc21. The number of nitrogens with zero attached hydrogens (tertiary/aromatic N) is 6. The number of para-hydroxylation sites is 1. The van der Waals surface area contributed by atoms with Gasteiger partial charge in [0.05, 0.1) is 6.54 Å². The number of hydrogen-bond acceptors (Lipinski definition) is 5. The highest BCUT2D eigenvalue weighted by Crippen LogP contribution is 2.30. The summed E-state index contributed by atoms with van der Waals surface area (Å²) < 4.78 is 40.6. The molecule has 5 rings (SSSR count). The molecular weight excluding hydrogens is 421 g/mol. The third-order valence-electron chi connectivity index (χ3n) is 6.09. The van der Waals surface area contributed by atoms with Crippen molar-refractivity contribution in [1.29, 1.82) is 0 Å². The van der Waals surface area contributed by atoms with Crippen LogP contribution in [-0.2, 0) is 17.4 Å². The molecule has 10 heteroatoms. The largest absolute Gasteiger partial charge is 0.434 e. The molecule has 7 nitrogen and oxygen atoms in total. The average molecular weight is 444 g/mol. The van der Waals surface area contributed by atoms with Crippen molar-refractivity contribution >= 4 is 23.1 Å². The molecule has 1 saturated heterocycles. The van der Waals surface area contributed by atoms with Crippen molar-refractivity contribution in [3.63, 3.8) is 0 Å². The molecule has 1 amide bonds. The molecule has 0 spiro atoms. The Kier molecular flexibility index (Phi) is 5.24. The molecule has 4 heterocycles. The van der Waals surface area contributed by atoms with E-state index in [1.165, 1.54) is 22.4 Å². The first-order chi connectivity index (χ1) is 15.4. The molecule has 0 N–H and O–H groups in total.